The van der Waals surface area contributed by atoms with Crippen molar-refractivity contribution in [2.24, 2.45) is 5.41 Å². The molecule has 1 fully saturated rings. The molecule has 1 aromatic rings. The first-order chi connectivity index (χ1) is 8.90. The Labute approximate surface area is 110 Å². The molecular formula is C14H17F2NO2. The minimum Gasteiger partial charge on any atom is -0.481 e. The maximum atomic E-state index is 13.1. The van der Waals surface area contributed by atoms with Crippen molar-refractivity contribution in [2.75, 3.05) is 13.1 Å². The van der Waals surface area contributed by atoms with Crippen LogP contribution in [0.1, 0.15) is 25.3 Å². The second-order valence-electron chi connectivity index (χ2n) is 5.43. The number of carboxylic acids is 1. The van der Waals surface area contributed by atoms with Crippen molar-refractivity contribution in [1.82, 2.24) is 4.90 Å². The van der Waals surface area contributed by atoms with E-state index in [1.54, 1.807) is 6.92 Å². The highest BCUT2D eigenvalue weighted by atomic mass is 19.2. The lowest BCUT2D eigenvalue weighted by Gasteiger charge is -2.37. The molecule has 1 N–H and O–H groups in total. The number of carboxylic acid groups (broad SMARTS) is 1. The normalized spacial score (nSPS) is 24.4. The van der Waals surface area contributed by atoms with E-state index in [9.17, 15) is 18.7 Å². The van der Waals surface area contributed by atoms with Crippen LogP contribution in [0.5, 0.6) is 0 Å². The summed E-state index contributed by atoms with van der Waals surface area (Å²) in [6.45, 7) is 3.38. The summed E-state index contributed by atoms with van der Waals surface area (Å²) < 4.78 is 26.0. The molecule has 1 saturated heterocycles. The summed E-state index contributed by atoms with van der Waals surface area (Å²) in [4.78, 5) is 13.2. The summed E-state index contributed by atoms with van der Waals surface area (Å²) in [5.74, 6) is -2.53. The van der Waals surface area contributed by atoms with Gasteiger partial charge in [-0.05, 0) is 44.0 Å². The van der Waals surface area contributed by atoms with Crippen molar-refractivity contribution in [3.8, 4) is 0 Å². The van der Waals surface area contributed by atoms with E-state index >= 15 is 0 Å². The van der Waals surface area contributed by atoms with Crippen LogP contribution in [0.4, 0.5) is 8.78 Å². The molecule has 19 heavy (non-hydrogen) atoms. The van der Waals surface area contributed by atoms with Crippen LogP contribution >= 0.6 is 0 Å². The number of hydrogen-bond acceptors (Lipinski definition) is 2. The quantitative estimate of drug-likeness (QED) is 0.917. The molecule has 104 valence electrons. The highest BCUT2D eigenvalue weighted by molar-refractivity contribution is 5.74. The van der Waals surface area contributed by atoms with Gasteiger partial charge in [0.2, 0.25) is 0 Å². The zero-order chi connectivity index (χ0) is 14.0. The maximum Gasteiger partial charge on any atom is 0.310 e. The van der Waals surface area contributed by atoms with Crippen molar-refractivity contribution in [3.05, 3.63) is 35.4 Å². The zero-order valence-electron chi connectivity index (χ0n) is 10.8. The third-order valence-electron chi connectivity index (χ3n) is 3.68. The highest BCUT2D eigenvalue weighted by Gasteiger charge is 2.37. The van der Waals surface area contributed by atoms with E-state index in [1.165, 1.54) is 12.1 Å². The Bertz CT molecular complexity index is 492. The summed E-state index contributed by atoms with van der Waals surface area (Å²) in [5, 5.41) is 9.23. The summed E-state index contributed by atoms with van der Waals surface area (Å²) in [7, 11) is 0. The Morgan fingerprint density at radius 1 is 1.42 bits per heavy atom. The molecule has 3 nitrogen and oxygen atoms in total. The van der Waals surface area contributed by atoms with Crippen LogP contribution in [0.2, 0.25) is 0 Å². The van der Waals surface area contributed by atoms with Crippen molar-refractivity contribution in [2.45, 2.75) is 26.3 Å². The molecule has 1 unspecified atom stereocenters. The van der Waals surface area contributed by atoms with Crippen molar-refractivity contribution >= 4 is 5.97 Å². The number of benzene rings is 1. The van der Waals surface area contributed by atoms with Gasteiger partial charge >= 0.3 is 5.97 Å². The van der Waals surface area contributed by atoms with Gasteiger partial charge in [0.15, 0.2) is 11.6 Å². The largest absolute Gasteiger partial charge is 0.481 e. The Hall–Kier alpha value is -1.49. The molecule has 1 atom stereocenters. The molecule has 0 radical (unpaired) electrons. The van der Waals surface area contributed by atoms with E-state index < -0.39 is 23.0 Å². The van der Waals surface area contributed by atoms with Gasteiger partial charge in [-0.25, -0.2) is 8.78 Å². The number of halogens is 2. The standard InChI is InChI=1S/C14H17F2NO2/c1-14(13(18)19)5-2-6-17(9-14)8-10-3-4-11(15)12(16)7-10/h3-4,7H,2,5-6,8-9H2,1H3,(H,18,19). The van der Waals surface area contributed by atoms with Crippen LogP contribution in [0, 0.1) is 17.0 Å². The average molecular weight is 269 g/mol. The van der Waals surface area contributed by atoms with Crippen molar-refractivity contribution in [1.29, 1.82) is 0 Å². The van der Waals surface area contributed by atoms with E-state index in [0.29, 0.717) is 25.1 Å². The molecule has 0 aliphatic carbocycles. The van der Waals surface area contributed by atoms with Crippen LogP contribution in [-0.4, -0.2) is 29.1 Å². The second kappa shape index (κ2) is 5.25. The number of carbonyl (C=O) groups is 1. The molecule has 0 amide bonds. The summed E-state index contributed by atoms with van der Waals surface area (Å²) in [6, 6.07) is 3.80. The van der Waals surface area contributed by atoms with E-state index in [1.807, 2.05) is 4.90 Å². The smallest absolute Gasteiger partial charge is 0.310 e. The number of hydrogen-bond donors (Lipinski definition) is 1. The third kappa shape index (κ3) is 3.10. The van der Waals surface area contributed by atoms with Gasteiger partial charge < -0.3 is 5.11 Å². The molecule has 0 aromatic heterocycles. The lowest BCUT2D eigenvalue weighted by molar-refractivity contribution is -0.151. The van der Waals surface area contributed by atoms with Gasteiger partial charge in [0, 0.05) is 13.1 Å². The van der Waals surface area contributed by atoms with E-state index in [-0.39, 0.29) is 0 Å². The molecule has 1 aliphatic rings. The molecule has 0 bridgehead atoms. The van der Waals surface area contributed by atoms with Gasteiger partial charge in [0.25, 0.3) is 0 Å². The first-order valence-corrected chi connectivity index (χ1v) is 6.30. The number of aliphatic carboxylic acids is 1. The maximum absolute atomic E-state index is 13.1. The first kappa shape index (κ1) is 13.9. The number of rotatable bonds is 3. The molecular weight excluding hydrogens is 252 g/mol. The van der Waals surface area contributed by atoms with Gasteiger partial charge in [0.1, 0.15) is 0 Å². The minimum atomic E-state index is -0.865. The van der Waals surface area contributed by atoms with E-state index in [4.69, 9.17) is 0 Å². The third-order valence-corrected chi connectivity index (χ3v) is 3.68. The van der Waals surface area contributed by atoms with Crippen LogP contribution in [0.3, 0.4) is 0 Å². The Balaban J connectivity index is 2.06. The van der Waals surface area contributed by atoms with Gasteiger partial charge in [-0.15, -0.1) is 0 Å². The summed E-state index contributed by atoms with van der Waals surface area (Å²) >= 11 is 0. The second-order valence-corrected chi connectivity index (χ2v) is 5.43. The monoisotopic (exact) mass is 269 g/mol. The molecule has 0 saturated carbocycles. The highest BCUT2D eigenvalue weighted by Crippen LogP contribution is 2.30. The molecule has 1 aromatic carbocycles. The molecule has 0 spiro atoms. The molecule has 2 rings (SSSR count). The molecule has 1 heterocycles. The van der Waals surface area contributed by atoms with Crippen LogP contribution in [0.15, 0.2) is 18.2 Å². The number of piperidine rings is 1. The lowest BCUT2D eigenvalue weighted by Crippen LogP contribution is -2.45. The fourth-order valence-electron chi connectivity index (χ4n) is 2.55. The SMILES string of the molecule is CC1(C(=O)O)CCCN(Cc2ccc(F)c(F)c2)C1. The van der Waals surface area contributed by atoms with E-state index in [0.717, 1.165) is 19.0 Å². The average Bonchev–Trinajstić information content (AvgIpc) is 2.34. The fraction of sp³-hybridized carbons (Fsp3) is 0.500. The Morgan fingerprint density at radius 3 is 2.79 bits per heavy atom. The molecule has 1 aliphatic heterocycles. The number of nitrogens with zero attached hydrogens (tertiary/aromatic N) is 1. The summed E-state index contributed by atoms with van der Waals surface area (Å²) in [5.41, 5.74) is -0.0925. The van der Waals surface area contributed by atoms with Gasteiger partial charge in [-0.2, -0.15) is 0 Å². The van der Waals surface area contributed by atoms with Gasteiger partial charge in [-0.3, -0.25) is 9.69 Å². The zero-order valence-corrected chi connectivity index (χ0v) is 10.8. The number of likely N-dealkylation sites (tertiary alicyclic amines) is 1. The fourth-order valence-corrected chi connectivity index (χ4v) is 2.55. The Morgan fingerprint density at radius 2 is 2.16 bits per heavy atom. The molecule has 5 heteroatoms. The predicted molar refractivity (Wildman–Crippen MR) is 66.6 cm³/mol. The first-order valence-electron chi connectivity index (χ1n) is 6.30. The van der Waals surface area contributed by atoms with Crippen molar-refractivity contribution in [3.63, 3.8) is 0 Å². The Kier molecular flexibility index (Phi) is 3.85. The van der Waals surface area contributed by atoms with Crippen LogP contribution in [0.25, 0.3) is 0 Å². The topological polar surface area (TPSA) is 40.5 Å². The van der Waals surface area contributed by atoms with Crippen LogP contribution in [-0.2, 0) is 11.3 Å². The minimum absolute atomic E-state index is 0.432. The van der Waals surface area contributed by atoms with E-state index in [2.05, 4.69) is 0 Å². The predicted octanol–water partition coefficient (Wildman–Crippen LogP) is 2.65. The van der Waals surface area contributed by atoms with Gasteiger partial charge in [0.05, 0.1) is 5.41 Å². The van der Waals surface area contributed by atoms with Crippen molar-refractivity contribution < 1.29 is 18.7 Å². The lowest BCUT2D eigenvalue weighted by atomic mass is 9.82. The van der Waals surface area contributed by atoms with Crippen LogP contribution < -0.4 is 0 Å². The summed E-state index contributed by atoms with van der Waals surface area (Å²) in [6.07, 6.45) is 1.45. The van der Waals surface area contributed by atoms with Gasteiger partial charge in [-0.1, -0.05) is 6.07 Å².